The first-order valence-electron chi connectivity index (χ1n) is 10.1. The zero-order valence-electron chi connectivity index (χ0n) is 17.3. The molecule has 4 rings (SSSR count). The standard InChI is InChI=1S/C23H26N4O3/c1-17-12-22(26(2)25-17)23(28)27(14-18-6-9-24-10-7-18)15-19-4-3-5-20(13-19)30-21-8-11-29-16-21/h3-7,9-10,12-13,21H,8,11,14-16H2,1-2H3. The number of aryl methyl sites for hydroxylation is 2. The largest absolute Gasteiger partial charge is 0.488 e. The average Bonchev–Trinajstić information content (AvgIpc) is 3.37. The Bertz CT molecular complexity index is 997. The van der Waals surface area contributed by atoms with Crippen molar-refractivity contribution in [1.29, 1.82) is 0 Å². The molecule has 0 spiro atoms. The van der Waals surface area contributed by atoms with Crippen molar-refractivity contribution >= 4 is 5.91 Å². The summed E-state index contributed by atoms with van der Waals surface area (Å²) in [6.07, 6.45) is 4.47. The van der Waals surface area contributed by atoms with Crippen LogP contribution in [0.15, 0.2) is 54.9 Å². The molecule has 2 aromatic heterocycles. The Labute approximate surface area is 176 Å². The molecule has 3 heterocycles. The lowest BCUT2D eigenvalue weighted by Gasteiger charge is -2.23. The summed E-state index contributed by atoms with van der Waals surface area (Å²) in [5.74, 6) is 0.737. The summed E-state index contributed by atoms with van der Waals surface area (Å²) >= 11 is 0. The predicted octanol–water partition coefficient (Wildman–Crippen LogP) is 3.13. The molecule has 0 radical (unpaired) electrons. The molecule has 1 aliphatic heterocycles. The fraction of sp³-hybridized carbons (Fsp3) is 0.348. The van der Waals surface area contributed by atoms with Gasteiger partial charge in [-0.1, -0.05) is 12.1 Å². The lowest BCUT2D eigenvalue weighted by atomic mass is 10.1. The molecular formula is C23H26N4O3. The van der Waals surface area contributed by atoms with Gasteiger partial charge in [-0.2, -0.15) is 5.10 Å². The van der Waals surface area contributed by atoms with E-state index in [9.17, 15) is 4.79 Å². The first-order chi connectivity index (χ1) is 14.6. The van der Waals surface area contributed by atoms with Crippen LogP contribution in [-0.2, 0) is 24.9 Å². The first kappa shape index (κ1) is 20.1. The second-order valence-corrected chi connectivity index (χ2v) is 7.56. The number of aromatic nitrogens is 3. The number of amides is 1. The van der Waals surface area contributed by atoms with E-state index in [0.29, 0.717) is 25.4 Å². The zero-order chi connectivity index (χ0) is 20.9. The smallest absolute Gasteiger partial charge is 0.272 e. The van der Waals surface area contributed by atoms with Crippen molar-refractivity contribution in [2.75, 3.05) is 13.2 Å². The van der Waals surface area contributed by atoms with Gasteiger partial charge in [0.1, 0.15) is 17.5 Å². The third-order valence-corrected chi connectivity index (χ3v) is 5.09. The molecule has 3 aromatic rings. The molecule has 0 saturated carbocycles. The minimum Gasteiger partial charge on any atom is -0.488 e. The van der Waals surface area contributed by atoms with E-state index < -0.39 is 0 Å². The van der Waals surface area contributed by atoms with E-state index in [0.717, 1.165) is 35.6 Å². The van der Waals surface area contributed by atoms with Crippen LogP contribution >= 0.6 is 0 Å². The number of pyridine rings is 1. The summed E-state index contributed by atoms with van der Waals surface area (Å²) in [6.45, 7) is 4.19. The van der Waals surface area contributed by atoms with E-state index >= 15 is 0 Å². The van der Waals surface area contributed by atoms with Crippen LogP contribution in [0.2, 0.25) is 0 Å². The van der Waals surface area contributed by atoms with Crippen molar-refractivity contribution in [2.24, 2.45) is 7.05 Å². The molecule has 0 aliphatic carbocycles. The van der Waals surface area contributed by atoms with Crippen LogP contribution in [0.3, 0.4) is 0 Å². The SMILES string of the molecule is Cc1cc(C(=O)N(Cc2ccncc2)Cc2cccc(OC3CCOC3)c2)n(C)n1. The molecule has 1 unspecified atom stereocenters. The van der Waals surface area contributed by atoms with E-state index in [4.69, 9.17) is 9.47 Å². The quantitative estimate of drug-likeness (QED) is 0.603. The molecule has 0 bridgehead atoms. The second-order valence-electron chi connectivity index (χ2n) is 7.56. The maximum Gasteiger partial charge on any atom is 0.272 e. The Kier molecular flexibility index (Phi) is 6.09. The lowest BCUT2D eigenvalue weighted by Crippen LogP contribution is -2.31. The van der Waals surface area contributed by atoms with Gasteiger partial charge < -0.3 is 14.4 Å². The Morgan fingerprint density at radius 3 is 2.70 bits per heavy atom. The number of rotatable bonds is 7. The molecule has 7 nitrogen and oxygen atoms in total. The Morgan fingerprint density at radius 1 is 1.20 bits per heavy atom. The van der Waals surface area contributed by atoms with Crippen LogP contribution in [-0.4, -0.2) is 44.9 Å². The van der Waals surface area contributed by atoms with Gasteiger partial charge in [-0.3, -0.25) is 14.5 Å². The number of carbonyl (C=O) groups is 1. The van der Waals surface area contributed by atoms with E-state index in [2.05, 4.69) is 10.1 Å². The number of nitrogens with zero attached hydrogens (tertiary/aromatic N) is 4. The number of hydrogen-bond donors (Lipinski definition) is 0. The Balaban J connectivity index is 1.56. The van der Waals surface area contributed by atoms with Crippen LogP contribution in [0.25, 0.3) is 0 Å². The first-order valence-corrected chi connectivity index (χ1v) is 10.1. The third-order valence-electron chi connectivity index (χ3n) is 5.09. The number of carbonyl (C=O) groups excluding carboxylic acids is 1. The van der Waals surface area contributed by atoms with Crippen molar-refractivity contribution < 1.29 is 14.3 Å². The topological polar surface area (TPSA) is 69.5 Å². The highest BCUT2D eigenvalue weighted by Crippen LogP contribution is 2.21. The van der Waals surface area contributed by atoms with E-state index in [1.807, 2.05) is 54.3 Å². The van der Waals surface area contributed by atoms with Gasteiger partial charge in [-0.05, 0) is 48.4 Å². The van der Waals surface area contributed by atoms with Gasteiger partial charge >= 0.3 is 0 Å². The fourth-order valence-corrected chi connectivity index (χ4v) is 3.62. The van der Waals surface area contributed by atoms with Crippen molar-refractivity contribution in [1.82, 2.24) is 19.7 Å². The summed E-state index contributed by atoms with van der Waals surface area (Å²) in [7, 11) is 1.79. The molecule has 7 heteroatoms. The summed E-state index contributed by atoms with van der Waals surface area (Å²) in [5, 5.41) is 4.33. The van der Waals surface area contributed by atoms with Gasteiger partial charge in [0.15, 0.2) is 0 Å². The van der Waals surface area contributed by atoms with Gasteiger partial charge in [0.25, 0.3) is 5.91 Å². The Hall–Kier alpha value is -3.19. The van der Waals surface area contributed by atoms with Crippen LogP contribution in [0.5, 0.6) is 5.75 Å². The molecule has 1 fully saturated rings. The van der Waals surface area contributed by atoms with E-state index in [-0.39, 0.29) is 12.0 Å². The Morgan fingerprint density at radius 2 is 2.00 bits per heavy atom. The molecule has 1 aromatic carbocycles. The van der Waals surface area contributed by atoms with Gasteiger partial charge in [0, 0.05) is 39.0 Å². The van der Waals surface area contributed by atoms with E-state index in [1.54, 1.807) is 24.1 Å². The highest BCUT2D eigenvalue weighted by atomic mass is 16.5. The minimum absolute atomic E-state index is 0.0644. The highest BCUT2D eigenvalue weighted by Gasteiger charge is 2.21. The molecule has 1 atom stereocenters. The predicted molar refractivity (Wildman–Crippen MR) is 112 cm³/mol. The van der Waals surface area contributed by atoms with Crippen molar-refractivity contribution in [3.8, 4) is 5.75 Å². The highest BCUT2D eigenvalue weighted by molar-refractivity contribution is 5.92. The number of hydrogen-bond acceptors (Lipinski definition) is 5. The summed E-state index contributed by atoms with van der Waals surface area (Å²) in [4.78, 5) is 19.2. The van der Waals surface area contributed by atoms with Crippen molar-refractivity contribution in [2.45, 2.75) is 32.5 Å². The van der Waals surface area contributed by atoms with Gasteiger partial charge in [-0.15, -0.1) is 0 Å². The van der Waals surface area contributed by atoms with Crippen LogP contribution in [0.1, 0.15) is 33.7 Å². The van der Waals surface area contributed by atoms with Gasteiger partial charge in [0.05, 0.1) is 18.9 Å². The molecular weight excluding hydrogens is 380 g/mol. The summed E-state index contributed by atoms with van der Waals surface area (Å²) < 4.78 is 13.1. The summed E-state index contributed by atoms with van der Waals surface area (Å²) in [5.41, 5.74) is 3.41. The average molecular weight is 406 g/mol. The fourth-order valence-electron chi connectivity index (χ4n) is 3.62. The maximum absolute atomic E-state index is 13.4. The molecule has 1 saturated heterocycles. The monoisotopic (exact) mass is 406 g/mol. The summed E-state index contributed by atoms with van der Waals surface area (Å²) in [6, 6.07) is 13.6. The normalized spacial score (nSPS) is 15.9. The van der Waals surface area contributed by atoms with Crippen LogP contribution in [0, 0.1) is 6.92 Å². The number of ether oxygens (including phenoxy) is 2. The van der Waals surface area contributed by atoms with Crippen LogP contribution < -0.4 is 4.74 Å². The van der Waals surface area contributed by atoms with Gasteiger partial charge in [-0.25, -0.2) is 0 Å². The van der Waals surface area contributed by atoms with Crippen LogP contribution in [0.4, 0.5) is 0 Å². The third kappa shape index (κ3) is 4.86. The number of benzene rings is 1. The minimum atomic E-state index is -0.0644. The zero-order valence-corrected chi connectivity index (χ0v) is 17.3. The molecule has 156 valence electrons. The van der Waals surface area contributed by atoms with Gasteiger partial charge in [0.2, 0.25) is 0 Å². The molecule has 1 aliphatic rings. The second kappa shape index (κ2) is 9.09. The molecule has 1 amide bonds. The molecule has 30 heavy (non-hydrogen) atoms. The lowest BCUT2D eigenvalue weighted by molar-refractivity contribution is 0.0718. The van der Waals surface area contributed by atoms with E-state index in [1.165, 1.54) is 0 Å². The maximum atomic E-state index is 13.4. The molecule has 0 N–H and O–H groups in total. The van der Waals surface area contributed by atoms with Crippen molar-refractivity contribution in [3.05, 3.63) is 77.4 Å². The van der Waals surface area contributed by atoms with Crippen molar-refractivity contribution in [3.63, 3.8) is 0 Å².